The number of halogens is 2. The van der Waals surface area contributed by atoms with E-state index in [1.54, 1.807) is 0 Å². The average Bonchev–Trinajstić information content (AvgIpc) is 2.56. The molecule has 0 saturated carbocycles. The maximum Gasteiger partial charge on any atom is 0.191 e. The molecule has 0 amide bonds. The van der Waals surface area contributed by atoms with Crippen molar-refractivity contribution in [3.63, 3.8) is 0 Å². The third-order valence-corrected chi connectivity index (χ3v) is 4.41. The molecule has 1 aromatic rings. The van der Waals surface area contributed by atoms with Gasteiger partial charge in [0.15, 0.2) is 5.96 Å². The minimum absolute atomic E-state index is 0. The molecule has 1 heterocycles. The van der Waals surface area contributed by atoms with Crippen LogP contribution < -0.4 is 10.6 Å². The molecule has 4 nitrogen and oxygen atoms in total. The molecular weight excluding hydrogens is 423 g/mol. The molecule has 0 bridgehead atoms. The molecule has 2 rings (SSSR count). The number of rotatable bonds is 6. The van der Waals surface area contributed by atoms with Crippen LogP contribution in [0.5, 0.6) is 0 Å². The summed E-state index contributed by atoms with van der Waals surface area (Å²) in [5.74, 6) is 0.865. The second-order valence-corrected chi connectivity index (χ2v) is 6.08. The SMILES string of the molecule is CN=C(NCCc1ccccc1Cl)NCCN1CCCCC1.I. The highest BCUT2D eigenvalue weighted by molar-refractivity contribution is 14.0. The van der Waals surface area contributed by atoms with Gasteiger partial charge in [-0.1, -0.05) is 36.2 Å². The van der Waals surface area contributed by atoms with Gasteiger partial charge in [-0.3, -0.25) is 4.99 Å². The van der Waals surface area contributed by atoms with Crippen molar-refractivity contribution in [2.45, 2.75) is 25.7 Å². The van der Waals surface area contributed by atoms with E-state index in [1.807, 2.05) is 25.2 Å². The Balaban J connectivity index is 0.00000264. The summed E-state index contributed by atoms with van der Waals surface area (Å²) >= 11 is 6.16. The van der Waals surface area contributed by atoms with Crippen LogP contribution in [0.15, 0.2) is 29.3 Å². The van der Waals surface area contributed by atoms with Crippen LogP contribution in [0.4, 0.5) is 0 Å². The van der Waals surface area contributed by atoms with Gasteiger partial charge < -0.3 is 15.5 Å². The standard InChI is InChI=1S/C17H27ClN4.HI/c1-19-17(21-11-14-22-12-5-2-6-13-22)20-10-9-15-7-3-4-8-16(15)18;/h3-4,7-8H,2,5-6,9-14H2,1H3,(H2,19,20,21);1H. The second-order valence-electron chi connectivity index (χ2n) is 5.67. The number of guanidine groups is 1. The lowest BCUT2D eigenvalue weighted by atomic mass is 10.1. The van der Waals surface area contributed by atoms with Crippen LogP contribution >= 0.6 is 35.6 Å². The number of nitrogens with zero attached hydrogens (tertiary/aromatic N) is 2. The molecule has 1 aliphatic heterocycles. The van der Waals surface area contributed by atoms with Gasteiger partial charge >= 0.3 is 0 Å². The van der Waals surface area contributed by atoms with Crippen LogP contribution in [0.25, 0.3) is 0 Å². The quantitative estimate of drug-likeness (QED) is 0.397. The third-order valence-electron chi connectivity index (χ3n) is 4.04. The molecule has 0 unspecified atom stereocenters. The van der Waals surface area contributed by atoms with Gasteiger partial charge in [-0.25, -0.2) is 0 Å². The summed E-state index contributed by atoms with van der Waals surface area (Å²) in [5.41, 5.74) is 1.17. The molecule has 0 atom stereocenters. The summed E-state index contributed by atoms with van der Waals surface area (Å²) in [6.45, 7) is 5.32. The summed E-state index contributed by atoms with van der Waals surface area (Å²) in [4.78, 5) is 6.79. The van der Waals surface area contributed by atoms with Crippen molar-refractivity contribution >= 4 is 41.5 Å². The Morgan fingerprint density at radius 3 is 2.52 bits per heavy atom. The highest BCUT2D eigenvalue weighted by Gasteiger charge is 2.09. The maximum absolute atomic E-state index is 6.16. The van der Waals surface area contributed by atoms with E-state index in [-0.39, 0.29) is 24.0 Å². The summed E-state index contributed by atoms with van der Waals surface area (Å²) in [5, 5.41) is 7.56. The number of benzene rings is 1. The first-order valence-electron chi connectivity index (χ1n) is 8.20. The number of aliphatic imine (C=N–C) groups is 1. The molecule has 130 valence electrons. The van der Waals surface area contributed by atoms with Gasteiger partial charge in [0.05, 0.1) is 0 Å². The fraction of sp³-hybridized carbons (Fsp3) is 0.588. The number of piperidine rings is 1. The van der Waals surface area contributed by atoms with E-state index in [0.29, 0.717) is 0 Å². The van der Waals surface area contributed by atoms with Gasteiger partial charge in [-0.15, -0.1) is 24.0 Å². The first-order chi connectivity index (χ1) is 10.8. The summed E-state index contributed by atoms with van der Waals surface area (Å²) < 4.78 is 0. The van der Waals surface area contributed by atoms with E-state index in [4.69, 9.17) is 11.6 Å². The Kier molecular flexibility index (Phi) is 10.6. The fourth-order valence-electron chi connectivity index (χ4n) is 2.75. The zero-order valence-corrected chi connectivity index (χ0v) is 16.9. The zero-order chi connectivity index (χ0) is 15.6. The van der Waals surface area contributed by atoms with Crippen LogP contribution in [0.1, 0.15) is 24.8 Å². The van der Waals surface area contributed by atoms with E-state index in [0.717, 1.165) is 37.0 Å². The lowest BCUT2D eigenvalue weighted by molar-refractivity contribution is 0.232. The van der Waals surface area contributed by atoms with Crippen LogP contribution in [0.2, 0.25) is 5.02 Å². The van der Waals surface area contributed by atoms with E-state index < -0.39 is 0 Å². The number of likely N-dealkylation sites (tertiary alicyclic amines) is 1. The molecule has 1 fully saturated rings. The van der Waals surface area contributed by atoms with Gasteiger partial charge in [0.25, 0.3) is 0 Å². The van der Waals surface area contributed by atoms with Crippen molar-refractivity contribution < 1.29 is 0 Å². The van der Waals surface area contributed by atoms with Gasteiger partial charge in [0.2, 0.25) is 0 Å². The highest BCUT2D eigenvalue weighted by Crippen LogP contribution is 2.14. The molecule has 0 aromatic heterocycles. The largest absolute Gasteiger partial charge is 0.356 e. The van der Waals surface area contributed by atoms with Crippen molar-refractivity contribution in [2.24, 2.45) is 4.99 Å². The van der Waals surface area contributed by atoms with E-state index in [1.165, 1.54) is 37.9 Å². The topological polar surface area (TPSA) is 39.7 Å². The third kappa shape index (κ3) is 7.72. The molecular formula is C17H28ClIN4. The van der Waals surface area contributed by atoms with Gasteiger partial charge in [-0.2, -0.15) is 0 Å². The first kappa shape index (κ1) is 20.5. The smallest absolute Gasteiger partial charge is 0.191 e. The van der Waals surface area contributed by atoms with Gasteiger partial charge in [0.1, 0.15) is 0 Å². The molecule has 1 aromatic carbocycles. The van der Waals surface area contributed by atoms with Crippen molar-refractivity contribution in [2.75, 3.05) is 39.8 Å². The Hall–Kier alpha value is -0.530. The molecule has 0 aliphatic carbocycles. The minimum Gasteiger partial charge on any atom is -0.356 e. The zero-order valence-electron chi connectivity index (χ0n) is 13.9. The predicted molar refractivity (Wildman–Crippen MR) is 110 cm³/mol. The average molecular weight is 451 g/mol. The van der Waals surface area contributed by atoms with E-state index in [2.05, 4.69) is 26.6 Å². The number of hydrogen-bond donors (Lipinski definition) is 2. The van der Waals surface area contributed by atoms with E-state index >= 15 is 0 Å². The molecule has 0 radical (unpaired) electrons. The molecule has 23 heavy (non-hydrogen) atoms. The molecule has 1 aliphatic rings. The Bertz CT molecular complexity index is 475. The first-order valence-corrected chi connectivity index (χ1v) is 8.57. The van der Waals surface area contributed by atoms with Crippen LogP contribution in [0.3, 0.4) is 0 Å². The monoisotopic (exact) mass is 450 g/mol. The van der Waals surface area contributed by atoms with E-state index in [9.17, 15) is 0 Å². The van der Waals surface area contributed by atoms with Crippen molar-refractivity contribution in [1.82, 2.24) is 15.5 Å². The van der Waals surface area contributed by atoms with Crippen molar-refractivity contribution in [3.05, 3.63) is 34.9 Å². The minimum atomic E-state index is 0. The highest BCUT2D eigenvalue weighted by atomic mass is 127. The van der Waals surface area contributed by atoms with Crippen LogP contribution in [0, 0.1) is 0 Å². The maximum atomic E-state index is 6.16. The Labute approximate surface area is 162 Å². The Morgan fingerprint density at radius 2 is 1.83 bits per heavy atom. The molecule has 0 spiro atoms. The summed E-state index contributed by atoms with van der Waals surface area (Å²) in [7, 11) is 1.81. The molecule has 2 N–H and O–H groups in total. The lowest BCUT2D eigenvalue weighted by Crippen LogP contribution is -2.43. The number of nitrogens with one attached hydrogen (secondary N) is 2. The molecule has 6 heteroatoms. The molecule has 1 saturated heterocycles. The van der Waals surface area contributed by atoms with Gasteiger partial charge in [-0.05, 0) is 44.0 Å². The lowest BCUT2D eigenvalue weighted by Gasteiger charge is -2.26. The normalized spacial score (nSPS) is 15.8. The summed E-state index contributed by atoms with van der Waals surface area (Å²) in [6.07, 6.45) is 4.96. The fourth-order valence-corrected chi connectivity index (χ4v) is 2.98. The predicted octanol–water partition coefficient (Wildman–Crippen LogP) is 3.15. The van der Waals surface area contributed by atoms with Crippen molar-refractivity contribution in [3.8, 4) is 0 Å². The number of hydrogen-bond acceptors (Lipinski definition) is 2. The van der Waals surface area contributed by atoms with Crippen LogP contribution in [-0.4, -0.2) is 50.6 Å². The Morgan fingerprint density at radius 1 is 1.13 bits per heavy atom. The second kappa shape index (κ2) is 11.9. The summed E-state index contributed by atoms with van der Waals surface area (Å²) in [6, 6.07) is 7.98. The van der Waals surface area contributed by atoms with Crippen LogP contribution in [-0.2, 0) is 6.42 Å². The van der Waals surface area contributed by atoms with Crippen molar-refractivity contribution in [1.29, 1.82) is 0 Å². The van der Waals surface area contributed by atoms with Gasteiger partial charge in [0, 0.05) is 31.7 Å².